The van der Waals surface area contributed by atoms with E-state index in [2.05, 4.69) is 63.7 Å². The molecule has 13 nitrogen and oxygen atoms in total. The molecule has 0 spiro atoms. The van der Waals surface area contributed by atoms with Crippen LogP contribution in [0.3, 0.4) is 0 Å². The second-order valence-corrected chi connectivity index (χ2v) is 51.9. The Bertz CT molecular complexity index is 2210. The van der Waals surface area contributed by atoms with E-state index in [1.165, 1.54) is 0 Å². The molecule has 0 fully saturated rings. The van der Waals surface area contributed by atoms with E-state index in [1.54, 1.807) is 52.6 Å². The Morgan fingerprint density at radius 3 is 0.775 bits per heavy atom. The molecule has 390 valence electrons. The van der Waals surface area contributed by atoms with Crippen LogP contribution in [0.15, 0.2) is 170 Å². The summed E-state index contributed by atoms with van der Waals surface area (Å²) in [7, 11) is -21.3. The number of hydrogen-bond acceptors (Lipinski definition) is 13. The Labute approximate surface area is 436 Å². The van der Waals surface area contributed by atoms with Gasteiger partial charge in [0.05, 0.1) is 0 Å². The molecule has 4 aromatic rings. The summed E-state index contributed by atoms with van der Waals surface area (Å²) in [6.07, 6.45) is 0. The largest absolute Gasteiger partial charge is 0.480 e. The minimum absolute atomic E-state index is 0.913. The van der Waals surface area contributed by atoms with E-state index < -0.39 is 85.9 Å². The van der Waals surface area contributed by atoms with Crippen molar-refractivity contribution in [3.8, 4) is 0 Å². The van der Waals surface area contributed by atoms with Crippen molar-refractivity contribution in [3.63, 3.8) is 0 Å². The van der Waals surface area contributed by atoms with Crippen LogP contribution in [0.5, 0.6) is 0 Å². The molecule has 0 bridgehead atoms. The van der Waals surface area contributed by atoms with Crippen LogP contribution in [0, 0.1) is 0 Å². The van der Waals surface area contributed by atoms with Gasteiger partial charge in [0.1, 0.15) is 0 Å². The lowest BCUT2D eigenvalue weighted by atomic mass is 10.4. The fourth-order valence-electron chi connectivity index (χ4n) is 7.32. The lowest BCUT2D eigenvalue weighted by molar-refractivity contribution is 0.169. The Morgan fingerprint density at radius 1 is 0.296 bits per heavy atom. The molecule has 0 heterocycles. The Hall–Kier alpha value is -2.51. The topological polar surface area (TPSA) is 120 Å². The minimum atomic E-state index is -3.45. The highest BCUT2D eigenvalue weighted by Gasteiger charge is 2.58. The van der Waals surface area contributed by atoms with Crippen molar-refractivity contribution in [3.05, 3.63) is 170 Å². The van der Waals surface area contributed by atoms with Gasteiger partial charge in [-0.25, -0.2) is 0 Å². The highest BCUT2D eigenvalue weighted by Crippen LogP contribution is 2.30. The zero-order valence-corrected chi connectivity index (χ0v) is 55.0. The van der Waals surface area contributed by atoms with Crippen molar-refractivity contribution < 1.29 is 55.1 Å². The average Bonchev–Trinajstić information content (AvgIpc) is 3.36. The molecule has 0 aliphatic carbocycles. The van der Waals surface area contributed by atoms with Gasteiger partial charge in [-0.2, -0.15) is 0 Å². The second-order valence-electron chi connectivity index (χ2n) is 18.5. The summed E-state index contributed by atoms with van der Waals surface area (Å²) in [6.45, 7) is 37.6. The van der Waals surface area contributed by atoms with Crippen LogP contribution in [-0.4, -0.2) is 121 Å². The van der Waals surface area contributed by atoms with Crippen LogP contribution in [0.25, 0.3) is 0 Å². The Kier molecular flexibility index (Phi) is 23.3. The van der Waals surface area contributed by atoms with E-state index in [-0.39, 0.29) is 0 Å². The van der Waals surface area contributed by atoms with Gasteiger partial charge in [-0.3, -0.25) is 0 Å². The van der Waals surface area contributed by atoms with E-state index in [0.29, 0.717) is 0 Å². The first-order valence-corrected chi connectivity index (χ1v) is 47.1. The second kappa shape index (κ2) is 26.3. The predicted molar refractivity (Wildman–Crippen MR) is 311 cm³/mol. The van der Waals surface area contributed by atoms with Gasteiger partial charge in [-0.05, 0) is 79.7 Å². The summed E-state index contributed by atoms with van der Waals surface area (Å²) in [6, 6.07) is 40.1. The van der Waals surface area contributed by atoms with Crippen molar-refractivity contribution in [1.82, 2.24) is 0 Å². The summed E-state index contributed by atoms with van der Waals surface area (Å²) in [4.78, 5) is 0. The highest BCUT2D eigenvalue weighted by molar-refractivity contribution is 7.03. The molecular weight excluding hydrogens is 1070 g/mol. The van der Waals surface area contributed by atoms with Gasteiger partial charge in [0, 0.05) is 48.6 Å². The van der Waals surface area contributed by atoms with E-state index in [1.807, 2.05) is 162 Å². The van der Waals surface area contributed by atoms with Crippen LogP contribution in [0.4, 0.5) is 0 Å². The molecule has 0 aromatic heterocycles. The van der Waals surface area contributed by atoms with Gasteiger partial charge in [-0.1, -0.05) is 144 Å². The van der Waals surface area contributed by atoms with Gasteiger partial charge in [0.15, 0.2) is 0 Å². The SMILES string of the molecule is C=C[Si](C)(C)O[Si](O[Si](C)(OC)O[Si](C)(C)O[Si](C)(C=C)OC)(c1ccccc1)c1ccccc1.C=C[Si](C)(OC)O[Si](C)(C)O[Si](C)(OC)O[Si](O[Si](C)(C=C)OC)(c1ccccc1)c1ccccc1. The number of rotatable bonds is 29. The molecule has 0 N–H and O–H groups in total. The lowest BCUT2D eigenvalue weighted by Crippen LogP contribution is -2.73. The molecule has 0 saturated heterocycles. The number of hydrogen-bond donors (Lipinski definition) is 0. The summed E-state index contributed by atoms with van der Waals surface area (Å²) in [5, 5.41) is 3.79. The molecule has 71 heavy (non-hydrogen) atoms. The van der Waals surface area contributed by atoms with Gasteiger partial charge in [0.2, 0.25) is 8.32 Å². The molecule has 0 aliphatic rings. The third-order valence-corrected chi connectivity index (χ3v) is 48.2. The smallest absolute Gasteiger partial charge is 0.426 e. The molecule has 4 aromatic carbocycles. The first kappa shape index (κ1) is 62.8. The van der Waals surface area contributed by atoms with Crippen molar-refractivity contribution in [1.29, 1.82) is 0 Å². The molecule has 23 heteroatoms. The monoisotopic (exact) mass is 1140 g/mol. The summed E-state index contributed by atoms with van der Waals surface area (Å²) < 4.78 is 83.7. The highest BCUT2D eigenvalue weighted by atomic mass is 28.5. The van der Waals surface area contributed by atoms with Crippen LogP contribution < -0.4 is 20.7 Å². The molecule has 0 saturated carbocycles. The van der Waals surface area contributed by atoms with E-state index in [9.17, 15) is 0 Å². The Morgan fingerprint density at radius 2 is 0.549 bits per heavy atom. The number of benzene rings is 4. The zero-order valence-electron chi connectivity index (χ0n) is 45.0. The van der Waals surface area contributed by atoms with Crippen molar-refractivity contribution >= 4 is 107 Å². The maximum absolute atomic E-state index is 7.10. The molecule has 5 unspecified atom stereocenters. The van der Waals surface area contributed by atoms with Crippen LogP contribution in [0.2, 0.25) is 72.0 Å². The Balaban J connectivity index is 0.000000375. The molecule has 4 rings (SSSR count). The predicted octanol–water partition coefficient (Wildman–Crippen LogP) is 8.71. The maximum Gasteiger partial charge on any atom is 0.480 e. The standard InChI is InChI=1S/C24H40O7Si5.C24H40O6Si5/c1-11-33(8,25-3)28-32(6,7)29-35(10,27-5)31-36(23-19-15-13-16-20-23,24-21-17-14-18-22-24)30-34(9,12-2)26-4;1-11-31(5,6)27-35(23-19-15-13-16-20-23,24-21-17-14-18-22-24)30-34(10,26-4)29-32(7,8)28-33(9,12-2)25-3/h11-22H,1-2H2,3-10H3;11-22H,1-2H2,3-10H3. The normalized spacial score (nSPS) is 16.8. The molecule has 0 amide bonds. The third kappa shape index (κ3) is 17.5. The van der Waals surface area contributed by atoms with Crippen LogP contribution in [-0.2, 0) is 55.1 Å². The zero-order chi connectivity index (χ0) is 53.5. The van der Waals surface area contributed by atoms with Gasteiger partial charge >= 0.3 is 77.5 Å². The fourth-order valence-corrected chi connectivity index (χ4v) is 46.1. The maximum atomic E-state index is 7.10. The van der Waals surface area contributed by atoms with Crippen LogP contribution >= 0.6 is 0 Å². The van der Waals surface area contributed by atoms with Crippen molar-refractivity contribution in [2.24, 2.45) is 0 Å². The van der Waals surface area contributed by atoms with E-state index >= 15 is 0 Å². The molecule has 5 atom stereocenters. The summed E-state index contributed by atoms with van der Waals surface area (Å²) >= 11 is 0. The van der Waals surface area contributed by atoms with E-state index in [0.717, 1.165) is 20.7 Å². The van der Waals surface area contributed by atoms with E-state index in [4.69, 9.17) is 55.1 Å². The quantitative estimate of drug-likeness (QED) is 0.0483. The average molecular weight is 1150 g/mol. The molecular formula is C48H80O13Si10. The van der Waals surface area contributed by atoms with Crippen molar-refractivity contribution in [2.75, 3.05) is 35.5 Å². The van der Waals surface area contributed by atoms with Crippen molar-refractivity contribution in [2.45, 2.75) is 72.0 Å². The summed E-state index contributed by atoms with van der Waals surface area (Å²) in [5.41, 5.74) is 7.19. The van der Waals surface area contributed by atoms with Gasteiger partial charge < -0.3 is 55.1 Å². The van der Waals surface area contributed by atoms with Gasteiger partial charge in [-0.15, -0.1) is 26.3 Å². The third-order valence-electron chi connectivity index (χ3n) is 11.3. The molecule has 0 radical (unpaired) electrons. The summed E-state index contributed by atoms with van der Waals surface area (Å²) in [5.74, 6) is 0. The van der Waals surface area contributed by atoms with Crippen LogP contribution in [0.1, 0.15) is 0 Å². The fraction of sp³-hybridized carbons (Fsp3) is 0.333. The lowest BCUT2D eigenvalue weighted by Gasteiger charge is -2.44. The first-order valence-electron chi connectivity index (χ1n) is 23.3. The minimum Gasteiger partial charge on any atom is -0.426 e. The molecule has 0 aliphatic heterocycles. The first-order chi connectivity index (χ1) is 33.1. The van der Waals surface area contributed by atoms with Gasteiger partial charge in [0.25, 0.3) is 0 Å².